The SMILES string of the molecule is Cc1cc(I)c2c3c(cccc13)CC=C2. The maximum absolute atomic E-state index is 2.43. The van der Waals surface area contributed by atoms with Gasteiger partial charge in [0.15, 0.2) is 0 Å². The Morgan fingerprint density at radius 3 is 3.00 bits per heavy atom. The highest BCUT2D eigenvalue weighted by Gasteiger charge is 2.12. The van der Waals surface area contributed by atoms with Gasteiger partial charge in [0.25, 0.3) is 0 Å². The van der Waals surface area contributed by atoms with E-state index in [2.05, 4.69) is 65.9 Å². The van der Waals surface area contributed by atoms with Crippen LogP contribution in [0, 0.1) is 10.5 Å². The van der Waals surface area contributed by atoms with E-state index < -0.39 is 0 Å². The monoisotopic (exact) mass is 306 g/mol. The van der Waals surface area contributed by atoms with Crippen molar-refractivity contribution in [3.8, 4) is 0 Å². The molecule has 74 valence electrons. The molecular weight excluding hydrogens is 295 g/mol. The summed E-state index contributed by atoms with van der Waals surface area (Å²) in [5, 5.41) is 2.87. The minimum Gasteiger partial charge on any atom is -0.0795 e. The van der Waals surface area contributed by atoms with Gasteiger partial charge in [-0.15, -0.1) is 0 Å². The average Bonchev–Trinajstić information content (AvgIpc) is 2.25. The molecule has 0 bridgehead atoms. The van der Waals surface area contributed by atoms with Crippen molar-refractivity contribution in [1.82, 2.24) is 0 Å². The third-order valence-electron chi connectivity index (χ3n) is 3.07. The lowest BCUT2D eigenvalue weighted by Gasteiger charge is -2.15. The summed E-state index contributed by atoms with van der Waals surface area (Å²) in [5.74, 6) is 0. The first-order valence-electron chi connectivity index (χ1n) is 5.14. The lowest BCUT2D eigenvalue weighted by atomic mass is 9.91. The summed E-state index contributed by atoms with van der Waals surface area (Å²) in [7, 11) is 0. The quantitative estimate of drug-likeness (QED) is 0.636. The Balaban J connectivity index is 2.59. The Labute approximate surface area is 103 Å². The molecular formula is C14H11I. The molecule has 1 aliphatic carbocycles. The molecule has 1 aliphatic rings. The Morgan fingerprint density at radius 1 is 1.27 bits per heavy atom. The zero-order valence-corrected chi connectivity index (χ0v) is 10.7. The van der Waals surface area contributed by atoms with Gasteiger partial charge in [-0.1, -0.05) is 30.4 Å². The molecule has 0 saturated carbocycles. The molecule has 0 atom stereocenters. The van der Waals surface area contributed by atoms with Crippen LogP contribution < -0.4 is 0 Å². The van der Waals surface area contributed by atoms with Gasteiger partial charge in [-0.25, -0.2) is 0 Å². The van der Waals surface area contributed by atoms with Crippen LogP contribution in [0.15, 0.2) is 30.3 Å². The van der Waals surface area contributed by atoms with Crippen molar-refractivity contribution in [2.45, 2.75) is 13.3 Å². The molecule has 2 aromatic rings. The van der Waals surface area contributed by atoms with Crippen LogP contribution in [0.5, 0.6) is 0 Å². The van der Waals surface area contributed by atoms with E-state index in [1.807, 2.05) is 0 Å². The molecule has 1 heteroatoms. The number of halogens is 1. The minimum atomic E-state index is 1.07. The number of aryl methyl sites for hydroxylation is 1. The molecule has 0 radical (unpaired) electrons. The van der Waals surface area contributed by atoms with Crippen molar-refractivity contribution in [2.75, 3.05) is 0 Å². The normalized spacial score (nSPS) is 13.5. The molecule has 0 fully saturated rings. The van der Waals surface area contributed by atoms with Crippen LogP contribution in [-0.2, 0) is 6.42 Å². The van der Waals surface area contributed by atoms with Crippen molar-refractivity contribution in [1.29, 1.82) is 0 Å². The van der Waals surface area contributed by atoms with E-state index in [1.165, 1.54) is 31.0 Å². The van der Waals surface area contributed by atoms with Crippen LogP contribution >= 0.6 is 22.6 Å². The van der Waals surface area contributed by atoms with Gasteiger partial charge >= 0.3 is 0 Å². The number of benzene rings is 2. The highest BCUT2D eigenvalue weighted by atomic mass is 127. The maximum Gasteiger partial charge on any atom is 0.0211 e. The van der Waals surface area contributed by atoms with Crippen molar-refractivity contribution in [3.05, 3.63) is 50.6 Å². The highest BCUT2D eigenvalue weighted by Crippen LogP contribution is 2.33. The van der Waals surface area contributed by atoms with Crippen molar-refractivity contribution < 1.29 is 0 Å². The smallest absolute Gasteiger partial charge is 0.0211 e. The van der Waals surface area contributed by atoms with Gasteiger partial charge in [0, 0.05) is 3.57 Å². The summed E-state index contributed by atoms with van der Waals surface area (Å²) in [6, 6.07) is 8.91. The first-order valence-corrected chi connectivity index (χ1v) is 6.22. The topological polar surface area (TPSA) is 0 Å². The maximum atomic E-state index is 2.43. The van der Waals surface area contributed by atoms with Crippen LogP contribution in [-0.4, -0.2) is 0 Å². The second-order valence-electron chi connectivity index (χ2n) is 4.04. The summed E-state index contributed by atoms with van der Waals surface area (Å²) in [4.78, 5) is 0. The van der Waals surface area contributed by atoms with Gasteiger partial charge in [-0.2, -0.15) is 0 Å². The molecule has 3 rings (SSSR count). The molecule has 0 aromatic heterocycles. The number of rotatable bonds is 0. The first-order chi connectivity index (χ1) is 7.27. The van der Waals surface area contributed by atoms with Gasteiger partial charge in [-0.05, 0) is 69.5 Å². The van der Waals surface area contributed by atoms with E-state index in [9.17, 15) is 0 Å². The molecule has 0 amide bonds. The largest absolute Gasteiger partial charge is 0.0795 e. The molecule has 2 aromatic carbocycles. The zero-order valence-electron chi connectivity index (χ0n) is 8.55. The number of hydrogen-bond donors (Lipinski definition) is 0. The van der Waals surface area contributed by atoms with Crippen LogP contribution in [0.1, 0.15) is 16.7 Å². The Morgan fingerprint density at radius 2 is 2.13 bits per heavy atom. The molecule has 0 heterocycles. The summed E-state index contributed by atoms with van der Waals surface area (Å²) < 4.78 is 1.36. The Kier molecular flexibility index (Phi) is 2.09. The summed E-state index contributed by atoms with van der Waals surface area (Å²) in [6.45, 7) is 2.20. The van der Waals surface area contributed by atoms with E-state index in [0.717, 1.165) is 6.42 Å². The second-order valence-corrected chi connectivity index (χ2v) is 5.20. The lowest BCUT2D eigenvalue weighted by Crippen LogP contribution is -1.96. The fraction of sp³-hybridized carbons (Fsp3) is 0.143. The van der Waals surface area contributed by atoms with Gasteiger partial charge in [0.1, 0.15) is 0 Å². The summed E-state index contributed by atoms with van der Waals surface area (Å²) in [6.07, 6.45) is 5.59. The molecule has 0 saturated heterocycles. The molecule has 0 nitrogen and oxygen atoms in total. The van der Waals surface area contributed by atoms with Crippen molar-refractivity contribution >= 4 is 39.4 Å². The van der Waals surface area contributed by atoms with Crippen LogP contribution in [0.3, 0.4) is 0 Å². The van der Waals surface area contributed by atoms with E-state index >= 15 is 0 Å². The van der Waals surface area contributed by atoms with E-state index in [4.69, 9.17) is 0 Å². The second kappa shape index (κ2) is 3.34. The van der Waals surface area contributed by atoms with Gasteiger partial charge in [0.2, 0.25) is 0 Å². The standard InChI is InChI=1S/C14H11I/c1-9-8-13(15)12-7-3-5-10-4-2-6-11(9)14(10)12/h2-4,6-8H,5H2,1H3. The van der Waals surface area contributed by atoms with Gasteiger partial charge in [-0.3, -0.25) is 0 Å². The van der Waals surface area contributed by atoms with Crippen LogP contribution in [0.4, 0.5) is 0 Å². The average molecular weight is 306 g/mol. The minimum absolute atomic E-state index is 1.07. The highest BCUT2D eigenvalue weighted by molar-refractivity contribution is 14.1. The first kappa shape index (κ1) is 9.40. The molecule has 0 spiro atoms. The molecule has 0 aliphatic heterocycles. The number of allylic oxidation sites excluding steroid dienone is 1. The van der Waals surface area contributed by atoms with Crippen molar-refractivity contribution in [2.24, 2.45) is 0 Å². The van der Waals surface area contributed by atoms with Crippen LogP contribution in [0.2, 0.25) is 0 Å². The lowest BCUT2D eigenvalue weighted by molar-refractivity contribution is 1.28. The third kappa shape index (κ3) is 1.33. The predicted molar refractivity (Wildman–Crippen MR) is 74.1 cm³/mol. The molecule has 0 unspecified atom stereocenters. The van der Waals surface area contributed by atoms with Crippen molar-refractivity contribution in [3.63, 3.8) is 0 Å². The third-order valence-corrected chi connectivity index (χ3v) is 3.96. The number of hydrogen-bond acceptors (Lipinski definition) is 0. The molecule has 0 N–H and O–H groups in total. The summed E-state index contributed by atoms with van der Waals surface area (Å²) in [5.41, 5.74) is 4.25. The van der Waals surface area contributed by atoms with E-state index in [0.29, 0.717) is 0 Å². The molecule has 15 heavy (non-hydrogen) atoms. The van der Waals surface area contributed by atoms with E-state index in [-0.39, 0.29) is 0 Å². The Bertz CT molecular complexity index is 579. The zero-order chi connectivity index (χ0) is 10.4. The fourth-order valence-corrected chi connectivity index (χ4v) is 3.27. The van der Waals surface area contributed by atoms with E-state index in [1.54, 1.807) is 0 Å². The fourth-order valence-electron chi connectivity index (χ4n) is 2.35. The predicted octanol–water partition coefficient (Wildman–Crippen LogP) is 4.32. The van der Waals surface area contributed by atoms with Crippen LogP contribution in [0.25, 0.3) is 16.8 Å². The van der Waals surface area contributed by atoms with Gasteiger partial charge in [0.05, 0.1) is 0 Å². The van der Waals surface area contributed by atoms with Gasteiger partial charge < -0.3 is 0 Å². The summed E-state index contributed by atoms with van der Waals surface area (Å²) >= 11 is 2.43. The Hall–Kier alpha value is -0.830.